The van der Waals surface area contributed by atoms with Crippen LogP contribution < -0.4 is 10.1 Å². The first-order valence-corrected chi connectivity index (χ1v) is 6.58. The Balaban J connectivity index is 2.01. The minimum absolute atomic E-state index is 0.694. The number of pyridine rings is 1. The van der Waals surface area contributed by atoms with Gasteiger partial charge >= 0.3 is 0 Å². The van der Waals surface area contributed by atoms with Crippen molar-refractivity contribution in [3.63, 3.8) is 0 Å². The molecular weight excluding hydrogens is 236 g/mol. The summed E-state index contributed by atoms with van der Waals surface area (Å²) in [5.74, 6) is 0.916. The highest BCUT2D eigenvalue weighted by Gasteiger charge is 2.01. The van der Waals surface area contributed by atoms with Crippen LogP contribution in [0, 0.1) is 13.8 Å². The van der Waals surface area contributed by atoms with Crippen molar-refractivity contribution in [3.8, 4) is 5.75 Å². The lowest BCUT2D eigenvalue weighted by molar-refractivity contribution is 0.340. The maximum absolute atomic E-state index is 5.48. The summed E-state index contributed by atoms with van der Waals surface area (Å²) in [4.78, 5) is 4.38. The van der Waals surface area contributed by atoms with E-state index in [4.69, 9.17) is 4.74 Å². The minimum atomic E-state index is 0.694. The van der Waals surface area contributed by atoms with Crippen molar-refractivity contribution in [2.45, 2.75) is 27.3 Å². The standard InChI is InChI=1S/C16H20N2O/c1-4-19-15-7-8-16(13(3)9-15)18-11-14-6-5-12(2)10-17-14/h5-10,18H,4,11H2,1-3H3. The number of ether oxygens (including phenoxy) is 1. The lowest BCUT2D eigenvalue weighted by atomic mass is 10.2. The molecule has 0 radical (unpaired) electrons. The van der Waals surface area contributed by atoms with E-state index in [-0.39, 0.29) is 0 Å². The van der Waals surface area contributed by atoms with Gasteiger partial charge in [0.2, 0.25) is 0 Å². The van der Waals surface area contributed by atoms with E-state index in [0.29, 0.717) is 6.61 Å². The van der Waals surface area contributed by atoms with Crippen molar-refractivity contribution < 1.29 is 4.74 Å². The summed E-state index contributed by atoms with van der Waals surface area (Å²) in [7, 11) is 0. The van der Waals surface area contributed by atoms with Crippen LogP contribution in [0.4, 0.5) is 5.69 Å². The molecule has 1 N–H and O–H groups in total. The summed E-state index contributed by atoms with van der Waals surface area (Å²) in [5, 5.41) is 3.40. The molecule has 1 aromatic carbocycles. The smallest absolute Gasteiger partial charge is 0.119 e. The van der Waals surface area contributed by atoms with Gasteiger partial charge in [0, 0.05) is 11.9 Å². The second kappa shape index (κ2) is 6.23. The zero-order valence-corrected chi connectivity index (χ0v) is 11.7. The Morgan fingerprint density at radius 3 is 2.63 bits per heavy atom. The van der Waals surface area contributed by atoms with Crippen LogP contribution in [-0.4, -0.2) is 11.6 Å². The predicted molar refractivity (Wildman–Crippen MR) is 78.6 cm³/mol. The van der Waals surface area contributed by atoms with E-state index in [1.807, 2.05) is 32.2 Å². The van der Waals surface area contributed by atoms with E-state index >= 15 is 0 Å². The lowest BCUT2D eigenvalue weighted by Gasteiger charge is -2.11. The second-order valence-corrected chi connectivity index (χ2v) is 4.59. The van der Waals surface area contributed by atoms with Crippen LogP contribution in [0.3, 0.4) is 0 Å². The first-order valence-electron chi connectivity index (χ1n) is 6.58. The van der Waals surface area contributed by atoms with E-state index in [0.717, 1.165) is 23.7 Å². The number of anilines is 1. The second-order valence-electron chi connectivity index (χ2n) is 4.59. The number of nitrogens with zero attached hydrogens (tertiary/aromatic N) is 1. The van der Waals surface area contributed by atoms with Gasteiger partial charge in [-0.1, -0.05) is 6.07 Å². The Morgan fingerprint density at radius 1 is 1.16 bits per heavy atom. The number of rotatable bonds is 5. The fourth-order valence-corrected chi connectivity index (χ4v) is 1.88. The molecule has 0 fully saturated rings. The van der Waals surface area contributed by atoms with Gasteiger partial charge in [0.05, 0.1) is 18.8 Å². The van der Waals surface area contributed by atoms with E-state index in [9.17, 15) is 0 Å². The zero-order chi connectivity index (χ0) is 13.7. The summed E-state index contributed by atoms with van der Waals surface area (Å²) in [6.45, 7) is 7.54. The van der Waals surface area contributed by atoms with Gasteiger partial charge in [0.1, 0.15) is 5.75 Å². The third-order valence-corrected chi connectivity index (χ3v) is 2.94. The Labute approximate surface area is 114 Å². The molecule has 0 saturated heterocycles. The predicted octanol–water partition coefficient (Wildman–Crippen LogP) is 3.71. The molecule has 2 aromatic rings. The molecule has 0 unspecified atom stereocenters. The first-order chi connectivity index (χ1) is 9.19. The molecule has 3 heteroatoms. The summed E-state index contributed by atoms with van der Waals surface area (Å²) in [6.07, 6.45) is 1.89. The number of nitrogens with one attached hydrogen (secondary N) is 1. The maximum Gasteiger partial charge on any atom is 0.119 e. The molecular formula is C16H20N2O. The minimum Gasteiger partial charge on any atom is -0.494 e. The quantitative estimate of drug-likeness (QED) is 0.885. The van der Waals surface area contributed by atoms with Crippen molar-refractivity contribution in [2.24, 2.45) is 0 Å². The van der Waals surface area contributed by atoms with Crippen molar-refractivity contribution in [2.75, 3.05) is 11.9 Å². The van der Waals surface area contributed by atoms with Crippen molar-refractivity contribution >= 4 is 5.69 Å². The van der Waals surface area contributed by atoms with Crippen LogP contribution >= 0.6 is 0 Å². The molecule has 3 nitrogen and oxygen atoms in total. The maximum atomic E-state index is 5.48. The van der Waals surface area contributed by atoms with Crippen LogP contribution in [0.2, 0.25) is 0 Å². The normalized spacial score (nSPS) is 10.3. The van der Waals surface area contributed by atoms with E-state index in [2.05, 4.69) is 35.4 Å². The van der Waals surface area contributed by atoms with Crippen LogP contribution in [0.15, 0.2) is 36.5 Å². The van der Waals surface area contributed by atoms with Crippen molar-refractivity contribution in [1.82, 2.24) is 4.98 Å². The highest BCUT2D eigenvalue weighted by Crippen LogP contribution is 2.21. The van der Waals surface area contributed by atoms with Gasteiger partial charge in [0.25, 0.3) is 0 Å². The number of hydrogen-bond acceptors (Lipinski definition) is 3. The molecule has 1 aromatic heterocycles. The average Bonchev–Trinajstić information content (AvgIpc) is 2.40. The molecule has 100 valence electrons. The van der Waals surface area contributed by atoms with Gasteiger partial charge in [-0.15, -0.1) is 0 Å². The highest BCUT2D eigenvalue weighted by atomic mass is 16.5. The molecule has 0 aliphatic rings. The molecule has 0 spiro atoms. The highest BCUT2D eigenvalue weighted by molar-refractivity contribution is 5.53. The largest absolute Gasteiger partial charge is 0.494 e. The molecule has 0 amide bonds. The van der Waals surface area contributed by atoms with Gasteiger partial charge in [0.15, 0.2) is 0 Å². The zero-order valence-electron chi connectivity index (χ0n) is 11.7. The Kier molecular flexibility index (Phi) is 4.39. The fraction of sp³-hybridized carbons (Fsp3) is 0.312. The number of hydrogen-bond donors (Lipinski definition) is 1. The molecule has 0 atom stereocenters. The lowest BCUT2D eigenvalue weighted by Crippen LogP contribution is -2.03. The average molecular weight is 256 g/mol. The molecule has 0 bridgehead atoms. The fourth-order valence-electron chi connectivity index (χ4n) is 1.88. The summed E-state index contributed by atoms with van der Waals surface area (Å²) >= 11 is 0. The molecule has 19 heavy (non-hydrogen) atoms. The topological polar surface area (TPSA) is 34.1 Å². The monoisotopic (exact) mass is 256 g/mol. The van der Waals surface area contributed by atoms with Crippen LogP contribution in [0.25, 0.3) is 0 Å². The van der Waals surface area contributed by atoms with Crippen molar-refractivity contribution in [3.05, 3.63) is 53.3 Å². The molecule has 0 saturated carbocycles. The first kappa shape index (κ1) is 13.4. The summed E-state index contributed by atoms with van der Waals surface area (Å²) in [5.41, 5.74) is 4.52. The SMILES string of the molecule is CCOc1ccc(NCc2ccc(C)cn2)c(C)c1. The Hall–Kier alpha value is -2.03. The van der Waals surface area contributed by atoms with Crippen LogP contribution in [0.1, 0.15) is 23.7 Å². The van der Waals surface area contributed by atoms with Gasteiger partial charge < -0.3 is 10.1 Å². The van der Waals surface area contributed by atoms with Crippen molar-refractivity contribution in [1.29, 1.82) is 0 Å². The molecule has 1 heterocycles. The third-order valence-electron chi connectivity index (χ3n) is 2.94. The van der Waals surface area contributed by atoms with E-state index in [1.54, 1.807) is 0 Å². The molecule has 0 aliphatic heterocycles. The molecule has 0 aliphatic carbocycles. The van der Waals surface area contributed by atoms with Crippen LogP contribution in [-0.2, 0) is 6.54 Å². The van der Waals surface area contributed by atoms with E-state index in [1.165, 1.54) is 11.1 Å². The van der Waals surface area contributed by atoms with Gasteiger partial charge in [-0.2, -0.15) is 0 Å². The Morgan fingerprint density at radius 2 is 2.00 bits per heavy atom. The van der Waals surface area contributed by atoms with Gasteiger partial charge in [-0.25, -0.2) is 0 Å². The Bertz CT molecular complexity index is 535. The van der Waals surface area contributed by atoms with Gasteiger partial charge in [-0.05, 0) is 56.2 Å². The number of aromatic nitrogens is 1. The summed E-state index contributed by atoms with van der Waals surface area (Å²) < 4.78 is 5.48. The number of benzene rings is 1. The van der Waals surface area contributed by atoms with E-state index < -0.39 is 0 Å². The third kappa shape index (κ3) is 3.71. The molecule has 2 rings (SSSR count). The van der Waals surface area contributed by atoms with Gasteiger partial charge in [-0.3, -0.25) is 4.98 Å². The number of aryl methyl sites for hydroxylation is 2. The van der Waals surface area contributed by atoms with Crippen LogP contribution in [0.5, 0.6) is 5.75 Å². The summed E-state index contributed by atoms with van der Waals surface area (Å²) in [6, 6.07) is 10.2.